The summed E-state index contributed by atoms with van der Waals surface area (Å²) in [7, 11) is -4.32. The van der Waals surface area contributed by atoms with Crippen molar-refractivity contribution in [2.45, 2.75) is 11.4 Å². The normalized spacial score (nSPS) is 11.7. The van der Waals surface area contributed by atoms with Gasteiger partial charge in [-0.3, -0.25) is 0 Å². The molecule has 0 spiro atoms. The Morgan fingerprint density at radius 2 is 1.78 bits per heavy atom. The first-order valence-corrected chi connectivity index (χ1v) is 8.90. The van der Waals surface area contributed by atoms with Crippen LogP contribution >= 0.6 is 11.3 Å². The van der Waals surface area contributed by atoms with Crippen LogP contribution in [0.5, 0.6) is 0 Å². The molecule has 0 aliphatic carbocycles. The highest BCUT2D eigenvalue weighted by Gasteiger charge is 2.23. The number of sulfonamides is 1. The Bertz CT molecular complexity index is 898. The highest BCUT2D eigenvalue weighted by molar-refractivity contribution is 7.89. The zero-order valence-corrected chi connectivity index (χ0v) is 13.3. The van der Waals surface area contributed by atoms with Gasteiger partial charge in [-0.05, 0) is 35.7 Å². The largest absolute Gasteiger partial charge is 0.459 e. The van der Waals surface area contributed by atoms with Crippen LogP contribution in [0.4, 0.5) is 8.78 Å². The molecule has 0 radical (unpaired) electrons. The topological polar surface area (TPSA) is 59.3 Å². The van der Waals surface area contributed by atoms with E-state index in [1.807, 2.05) is 17.5 Å². The Morgan fingerprint density at radius 1 is 1.04 bits per heavy atom. The standard InChI is InChI=1S/C15H11F2NO3S2/c16-11-3-1-4-12(17)15(11)23(19,20)18-9-10-6-7-13(21-10)14-5-2-8-22-14/h1-8,18H,9H2. The number of thiophene rings is 1. The summed E-state index contributed by atoms with van der Waals surface area (Å²) in [5.74, 6) is -1.34. The van der Waals surface area contributed by atoms with Gasteiger partial charge in [0.15, 0.2) is 4.90 Å². The van der Waals surface area contributed by atoms with Crippen LogP contribution in [0, 0.1) is 11.6 Å². The van der Waals surface area contributed by atoms with Gasteiger partial charge < -0.3 is 4.42 Å². The molecule has 0 unspecified atom stereocenters. The Kier molecular flexibility index (Phi) is 4.29. The fourth-order valence-electron chi connectivity index (χ4n) is 2.00. The number of benzene rings is 1. The van der Waals surface area contributed by atoms with Crippen LogP contribution in [-0.4, -0.2) is 8.42 Å². The van der Waals surface area contributed by atoms with Crippen LogP contribution < -0.4 is 4.72 Å². The fraction of sp³-hybridized carbons (Fsp3) is 0.0667. The molecule has 0 atom stereocenters. The van der Waals surface area contributed by atoms with Crippen LogP contribution in [0.2, 0.25) is 0 Å². The van der Waals surface area contributed by atoms with Crippen LogP contribution in [-0.2, 0) is 16.6 Å². The molecule has 0 aliphatic rings. The quantitative estimate of drug-likeness (QED) is 0.758. The summed E-state index contributed by atoms with van der Waals surface area (Å²) < 4.78 is 58.9. The molecule has 4 nitrogen and oxygen atoms in total. The molecule has 0 amide bonds. The van der Waals surface area contributed by atoms with Gasteiger partial charge in [0.1, 0.15) is 23.2 Å². The lowest BCUT2D eigenvalue weighted by molar-refractivity contribution is 0.497. The zero-order chi connectivity index (χ0) is 16.4. The van der Waals surface area contributed by atoms with Crippen molar-refractivity contribution in [3.8, 4) is 10.6 Å². The molecule has 3 aromatic rings. The van der Waals surface area contributed by atoms with E-state index in [9.17, 15) is 17.2 Å². The zero-order valence-electron chi connectivity index (χ0n) is 11.6. The summed E-state index contributed by atoms with van der Waals surface area (Å²) in [6.07, 6.45) is 0. The van der Waals surface area contributed by atoms with Gasteiger partial charge in [0.25, 0.3) is 0 Å². The van der Waals surface area contributed by atoms with Gasteiger partial charge in [0.2, 0.25) is 10.0 Å². The minimum absolute atomic E-state index is 0.207. The van der Waals surface area contributed by atoms with Crippen molar-refractivity contribution in [1.29, 1.82) is 0 Å². The van der Waals surface area contributed by atoms with Crippen molar-refractivity contribution >= 4 is 21.4 Å². The van der Waals surface area contributed by atoms with E-state index in [4.69, 9.17) is 4.42 Å². The van der Waals surface area contributed by atoms with Gasteiger partial charge in [0, 0.05) is 0 Å². The molecular formula is C15H11F2NO3S2. The number of hydrogen-bond donors (Lipinski definition) is 1. The first kappa shape index (κ1) is 15.9. The molecule has 2 aromatic heterocycles. The van der Waals surface area contributed by atoms with Gasteiger partial charge in [-0.25, -0.2) is 21.9 Å². The maximum absolute atomic E-state index is 13.6. The lowest BCUT2D eigenvalue weighted by Crippen LogP contribution is -2.25. The van der Waals surface area contributed by atoms with E-state index in [1.54, 1.807) is 12.1 Å². The minimum Gasteiger partial charge on any atom is -0.459 e. The van der Waals surface area contributed by atoms with Gasteiger partial charge >= 0.3 is 0 Å². The monoisotopic (exact) mass is 355 g/mol. The number of hydrogen-bond acceptors (Lipinski definition) is 4. The maximum Gasteiger partial charge on any atom is 0.246 e. The van der Waals surface area contributed by atoms with E-state index in [-0.39, 0.29) is 6.54 Å². The molecular weight excluding hydrogens is 344 g/mol. The van der Waals surface area contributed by atoms with E-state index in [0.717, 1.165) is 23.1 Å². The first-order valence-electron chi connectivity index (χ1n) is 6.53. The Balaban J connectivity index is 1.78. The second kappa shape index (κ2) is 6.23. The van der Waals surface area contributed by atoms with Gasteiger partial charge in [-0.15, -0.1) is 11.3 Å². The summed E-state index contributed by atoms with van der Waals surface area (Å²) in [6, 6.07) is 9.93. The lowest BCUT2D eigenvalue weighted by Gasteiger charge is -2.07. The molecule has 1 aromatic carbocycles. The lowest BCUT2D eigenvalue weighted by atomic mass is 10.3. The summed E-state index contributed by atoms with van der Waals surface area (Å²) in [6.45, 7) is -0.207. The van der Waals surface area contributed by atoms with Crippen LogP contribution in [0.15, 0.2) is 57.2 Å². The van der Waals surface area contributed by atoms with Crippen LogP contribution in [0.1, 0.15) is 5.76 Å². The minimum atomic E-state index is -4.32. The molecule has 2 heterocycles. The number of furan rings is 1. The molecule has 0 saturated heterocycles. The maximum atomic E-state index is 13.6. The molecule has 23 heavy (non-hydrogen) atoms. The number of halogens is 2. The summed E-state index contributed by atoms with van der Waals surface area (Å²) in [4.78, 5) is -0.0932. The van der Waals surface area contributed by atoms with Gasteiger partial charge in [-0.1, -0.05) is 12.1 Å². The van der Waals surface area contributed by atoms with Crippen LogP contribution in [0.25, 0.3) is 10.6 Å². The van der Waals surface area contributed by atoms with Crippen molar-refractivity contribution in [2.24, 2.45) is 0 Å². The predicted molar refractivity (Wildman–Crippen MR) is 82.4 cm³/mol. The third-order valence-corrected chi connectivity index (χ3v) is 5.39. The molecule has 120 valence electrons. The predicted octanol–water partition coefficient (Wildman–Crippen LogP) is 3.76. The first-order chi connectivity index (χ1) is 11.0. The third kappa shape index (κ3) is 3.34. The third-order valence-electron chi connectivity index (χ3n) is 3.05. The SMILES string of the molecule is O=S(=O)(NCc1ccc(-c2cccs2)o1)c1c(F)cccc1F. The molecule has 0 bridgehead atoms. The molecule has 3 rings (SSSR count). The van der Waals surface area contributed by atoms with Crippen LogP contribution in [0.3, 0.4) is 0 Å². The van der Waals surface area contributed by atoms with E-state index < -0.39 is 26.6 Å². The summed E-state index contributed by atoms with van der Waals surface area (Å²) in [5, 5.41) is 1.89. The average molecular weight is 355 g/mol. The highest BCUT2D eigenvalue weighted by atomic mass is 32.2. The fourth-order valence-corrected chi connectivity index (χ4v) is 3.81. The Hall–Kier alpha value is -2.03. The van der Waals surface area contributed by atoms with E-state index in [2.05, 4.69) is 4.72 Å². The molecule has 1 N–H and O–H groups in total. The van der Waals surface area contributed by atoms with Crippen molar-refractivity contribution < 1.29 is 21.6 Å². The molecule has 8 heteroatoms. The number of rotatable bonds is 5. The second-order valence-corrected chi connectivity index (χ2v) is 7.27. The van der Waals surface area contributed by atoms with Gasteiger partial charge in [-0.2, -0.15) is 0 Å². The van der Waals surface area contributed by atoms with E-state index >= 15 is 0 Å². The Morgan fingerprint density at radius 3 is 2.43 bits per heavy atom. The van der Waals surface area contributed by atoms with Crippen molar-refractivity contribution in [2.75, 3.05) is 0 Å². The summed E-state index contributed by atoms with van der Waals surface area (Å²) >= 11 is 1.48. The average Bonchev–Trinajstić information content (AvgIpc) is 3.16. The summed E-state index contributed by atoms with van der Waals surface area (Å²) in [5.41, 5.74) is 0. The van der Waals surface area contributed by atoms with Crippen molar-refractivity contribution in [3.05, 3.63) is 65.2 Å². The molecule has 0 saturated carbocycles. The Labute approximate surface area is 135 Å². The molecule has 0 aliphatic heterocycles. The van der Waals surface area contributed by atoms with E-state index in [0.29, 0.717) is 11.5 Å². The van der Waals surface area contributed by atoms with E-state index in [1.165, 1.54) is 11.3 Å². The van der Waals surface area contributed by atoms with Gasteiger partial charge in [0.05, 0.1) is 11.4 Å². The van der Waals surface area contributed by atoms with Crippen molar-refractivity contribution in [3.63, 3.8) is 0 Å². The highest BCUT2D eigenvalue weighted by Crippen LogP contribution is 2.26. The number of nitrogens with one attached hydrogen (secondary N) is 1. The second-order valence-electron chi connectivity index (χ2n) is 4.62. The molecule has 0 fully saturated rings. The van der Waals surface area contributed by atoms with Crippen molar-refractivity contribution in [1.82, 2.24) is 4.72 Å². The smallest absolute Gasteiger partial charge is 0.246 e.